The summed E-state index contributed by atoms with van der Waals surface area (Å²) in [6.45, 7) is 10.1. The van der Waals surface area contributed by atoms with E-state index >= 15 is 0 Å². The van der Waals surface area contributed by atoms with E-state index in [-0.39, 0.29) is 50.3 Å². The number of fused-ring (bicyclic) bond motifs is 1. The van der Waals surface area contributed by atoms with Crippen LogP contribution in [0.5, 0.6) is 5.75 Å². The molecule has 1 aromatic heterocycles. The highest BCUT2D eigenvalue weighted by molar-refractivity contribution is 5.95. The molecule has 0 aliphatic rings. The quantitative estimate of drug-likeness (QED) is 0.0590. The van der Waals surface area contributed by atoms with Gasteiger partial charge in [0.05, 0.1) is 0 Å². The number of amides is 6. The number of hydrogen-bond donors (Lipinski definition) is 9. The van der Waals surface area contributed by atoms with Gasteiger partial charge in [0, 0.05) is 49.3 Å². The third-order valence-electron chi connectivity index (χ3n) is 9.77. The van der Waals surface area contributed by atoms with E-state index in [1.165, 1.54) is 19.1 Å². The second-order valence-corrected chi connectivity index (χ2v) is 16.8. The maximum Gasteiger partial charge on any atom is 0.408 e. The number of rotatable bonds is 21. The minimum absolute atomic E-state index is 0.00263. The Morgan fingerprint density at radius 1 is 0.651 bits per heavy atom. The van der Waals surface area contributed by atoms with Crippen molar-refractivity contribution in [2.75, 3.05) is 6.54 Å². The molecule has 0 fully saturated rings. The Morgan fingerprint density at radius 2 is 1.22 bits per heavy atom. The summed E-state index contributed by atoms with van der Waals surface area (Å²) in [5, 5.41) is 36.2. The van der Waals surface area contributed by atoms with Crippen LogP contribution in [0.15, 0.2) is 85.1 Å². The normalized spacial score (nSPS) is 13.7. The molecular weight excluding hydrogens is 811 g/mol. The minimum Gasteiger partial charge on any atom is -0.508 e. The van der Waals surface area contributed by atoms with Crippen molar-refractivity contribution in [2.45, 2.75) is 109 Å². The number of alkyl carbamates (subject to hydrolysis) is 1. The maximum absolute atomic E-state index is 13.9. The molecule has 0 saturated heterocycles. The minimum atomic E-state index is -1.29. The maximum atomic E-state index is 13.9. The van der Waals surface area contributed by atoms with Crippen molar-refractivity contribution in [3.63, 3.8) is 0 Å². The highest BCUT2D eigenvalue weighted by atomic mass is 16.6. The van der Waals surface area contributed by atoms with Crippen molar-refractivity contribution in [1.29, 1.82) is 0 Å². The molecule has 4 rings (SSSR count). The summed E-state index contributed by atoms with van der Waals surface area (Å²) < 4.78 is 5.38. The van der Waals surface area contributed by atoms with Crippen molar-refractivity contribution >= 4 is 52.5 Å². The lowest BCUT2D eigenvalue weighted by Gasteiger charge is -2.26. The Labute approximate surface area is 366 Å². The monoisotopic (exact) mass is 869 g/mol. The number of benzene rings is 3. The molecule has 0 aliphatic heterocycles. The Kier molecular flexibility index (Phi) is 17.6. The van der Waals surface area contributed by atoms with Crippen LogP contribution in [0.3, 0.4) is 0 Å². The molecule has 338 valence electrons. The van der Waals surface area contributed by atoms with Gasteiger partial charge in [-0.3, -0.25) is 24.0 Å². The van der Waals surface area contributed by atoms with Gasteiger partial charge in [-0.15, -0.1) is 0 Å². The Balaban J connectivity index is 1.40. The molecule has 6 amide bonds. The molecule has 0 radical (unpaired) electrons. The highest BCUT2D eigenvalue weighted by Crippen LogP contribution is 2.20. The van der Waals surface area contributed by atoms with Gasteiger partial charge in [-0.05, 0) is 74.9 Å². The van der Waals surface area contributed by atoms with Gasteiger partial charge in [0.1, 0.15) is 41.6 Å². The van der Waals surface area contributed by atoms with Gasteiger partial charge in [0.2, 0.25) is 29.5 Å². The van der Waals surface area contributed by atoms with Crippen LogP contribution < -0.4 is 31.9 Å². The van der Waals surface area contributed by atoms with Crippen LogP contribution in [0, 0.1) is 5.92 Å². The first-order chi connectivity index (χ1) is 29.8. The molecule has 63 heavy (non-hydrogen) atoms. The molecule has 9 N–H and O–H groups in total. The fourth-order valence-corrected chi connectivity index (χ4v) is 6.65. The molecule has 0 bridgehead atoms. The lowest BCUT2D eigenvalue weighted by molar-refractivity contribution is -0.142. The lowest BCUT2D eigenvalue weighted by Crippen LogP contribution is -2.57. The third kappa shape index (κ3) is 16.1. The predicted molar refractivity (Wildman–Crippen MR) is 235 cm³/mol. The summed E-state index contributed by atoms with van der Waals surface area (Å²) in [5.41, 5.74) is 1.99. The molecule has 0 unspecified atom stereocenters. The van der Waals surface area contributed by atoms with Crippen LogP contribution in [0.2, 0.25) is 0 Å². The van der Waals surface area contributed by atoms with Crippen molar-refractivity contribution < 1.29 is 48.5 Å². The molecular formula is C46H59N7O10. The summed E-state index contributed by atoms with van der Waals surface area (Å²) >= 11 is 0. The van der Waals surface area contributed by atoms with Crippen LogP contribution in [0.25, 0.3) is 10.9 Å². The Hall–Kier alpha value is -6.91. The number of aliphatic carboxylic acids is 1. The second-order valence-electron chi connectivity index (χ2n) is 16.8. The number of hydrogen-bond acceptors (Lipinski definition) is 9. The summed E-state index contributed by atoms with van der Waals surface area (Å²) in [6, 6.07) is 16.3. The smallest absolute Gasteiger partial charge is 0.408 e. The van der Waals surface area contributed by atoms with E-state index in [2.05, 4.69) is 36.9 Å². The van der Waals surface area contributed by atoms with E-state index in [9.17, 15) is 43.8 Å². The Bertz CT molecular complexity index is 2200. The van der Waals surface area contributed by atoms with E-state index in [4.69, 9.17) is 4.74 Å². The number of aromatic hydroxyl groups is 1. The van der Waals surface area contributed by atoms with Crippen molar-refractivity contribution in [3.05, 3.63) is 102 Å². The molecule has 1 heterocycles. The summed E-state index contributed by atoms with van der Waals surface area (Å²) in [5.74, 6) is -4.59. The number of nitrogens with one attached hydrogen (secondary N) is 7. The van der Waals surface area contributed by atoms with E-state index < -0.39 is 77.4 Å². The number of phenolic OH excluding ortho intramolecular Hbond substituents is 1. The van der Waals surface area contributed by atoms with Crippen LogP contribution in [-0.2, 0) is 52.8 Å². The fraction of sp³-hybridized carbons (Fsp3) is 0.413. The van der Waals surface area contributed by atoms with E-state index in [0.717, 1.165) is 16.5 Å². The summed E-state index contributed by atoms with van der Waals surface area (Å²) in [7, 11) is 0. The first-order valence-corrected chi connectivity index (χ1v) is 20.8. The first-order valence-electron chi connectivity index (χ1n) is 20.8. The average Bonchev–Trinajstić information content (AvgIpc) is 3.62. The number of aromatic amines is 1. The van der Waals surface area contributed by atoms with Crippen molar-refractivity contribution in [1.82, 2.24) is 36.9 Å². The number of aromatic nitrogens is 1. The van der Waals surface area contributed by atoms with Gasteiger partial charge < -0.3 is 51.8 Å². The van der Waals surface area contributed by atoms with Crippen LogP contribution >= 0.6 is 0 Å². The number of phenols is 1. The molecule has 4 aromatic rings. The van der Waals surface area contributed by atoms with Crippen LogP contribution in [0.4, 0.5) is 4.79 Å². The molecule has 0 spiro atoms. The molecule has 5 atom stereocenters. The van der Waals surface area contributed by atoms with Gasteiger partial charge in [-0.1, -0.05) is 74.5 Å². The molecule has 17 nitrogen and oxygen atoms in total. The summed E-state index contributed by atoms with van der Waals surface area (Å²) in [6.07, 6.45) is 0.921. The summed E-state index contributed by atoms with van der Waals surface area (Å²) in [4.78, 5) is 95.5. The zero-order valence-electron chi connectivity index (χ0n) is 36.5. The Morgan fingerprint density at radius 3 is 1.87 bits per heavy atom. The fourth-order valence-electron chi connectivity index (χ4n) is 6.65. The zero-order chi connectivity index (χ0) is 46.3. The van der Waals surface area contributed by atoms with Crippen molar-refractivity contribution in [3.8, 4) is 5.75 Å². The third-order valence-corrected chi connectivity index (χ3v) is 9.77. The van der Waals surface area contributed by atoms with E-state index in [1.807, 2.05) is 38.1 Å². The predicted octanol–water partition coefficient (Wildman–Crippen LogP) is 3.39. The number of carboxylic acids is 1. The van der Waals surface area contributed by atoms with Gasteiger partial charge in [0.15, 0.2) is 0 Å². The molecule has 0 saturated carbocycles. The number of H-pyrrole nitrogens is 1. The SMILES string of the molecule is CC(C)C[C@H](NC(=O)OC(C)(C)C)C(=O)N[C@H](Cc1c[nH]c2ccccc12)C(=O)N[C@H](C)C(=O)NCCC(=O)N[C@@H](Cc1ccc(O)cc1)C(=O)N[C@H](Cc1ccccc1)C(=O)O. The number of carbonyl (C=O) groups excluding carboxylic acids is 6. The number of ether oxygens (including phenoxy) is 1. The van der Waals surface area contributed by atoms with Gasteiger partial charge in [0.25, 0.3) is 0 Å². The topological polar surface area (TPSA) is 257 Å². The molecule has 3 aromatic carbocycles. The average molecular weight is 870 g/mol. The van der Waals surface area contributed by atoms with Gasteiger partial charge >= 0.3 is 12.1 Å². The van der Waals surface area contributed by atoms with Gasteiger partial charge in [-0.25, -0.2) is 9.59 Å². The standard InChI is InChI=1S/C46H59N7O10/c1-27(2)22-35(53-45(62)63-46(4,5)6)42(58)51-37(25-31-26-48-34-15-11-10-14-33(31)34)41(57)49-28(3)40(56)47-21-20-39(55)50-36(23-30-16-18-32(54)19-17-30)43(59)52-38(44(60)61)24-29-12-8-7-9-13-29/h7-19,26-28,35-38,48,54H,20-25H2,1-6H3,(H,47,56)(H,49,57)(H,50,55)(H,51,58)(H,52,59)(H,53,62)(H,60,61)/t28-,35+,36+,37-,38-/m1/s1. The number of para-hydroxylation sites is 1. The number of carbonyl (C=O) groups is 7. The van der Waals surface area contributed by atoms with Crippen LogP contribution in [-0.4, -0.2) is 99.2 Å². The molecule has 0 aliphatic carbocycles. The van der Waals surface area contributed by atoms with E-state index in [1.54, 1.807) is 69.4 Å². The lowest BCUT2D eigenvalue weighted by atomic mass is 10.0. The highest BCUT2D eigenvalue weighted by Gasteiger charge is 2.32. The van der Waals surface area contributed by atoms with Gasteiger partial charge in [-0.2, -0.15) is 0 Å². The second kappa shape index (κ2) is 22.8. The van der Waals surface area contributed by atoms with Crippen molar-refractivity contribution in [2.24, 2.45) is 5.92 Å². The first kappa shape index (κ1) is 48.8. The zero-order valence-corrected chi connectivity index (χ0v) is 36.5. The van der Waals surface area contributed by atoms with E-state index in [0.29, 0.717) is 11.1 Å². The largest absolute Gasteiger partial charge is 0.508 e. The number of carboxylic acid groups (broad SMARTS) is 1. The van der Waals surface area contributed by atoms with Crippen LogP contribution in [0.1, 0.15) is 71.1 Å². The molecule has 17 heteroatoms.